The second kappa shape index (κ2) is 5.32. The van der Waals surface area contributed by atoms with Crippen molar-refractivity contribution in [1.29, 1.82) is 0 Å². The molecule has 1 aromatic carbocycles. The second-order valence-electron chi connectivity index (χ2n) is 5.40. The van der Waals surface area contributed by atoms with Crippen LogP contribution < -0.4 is 15.4 Å². The number of methoxy groups -OCH3 is 1. The molecule has 1 aromatic rings. The highest BCUT2D eigenvalue weighted by Gasteiger charge is 2.38. The first-order valence-corrected chi connectivity index (χ1v) is 7.07. The molecule has 2 aliphatic heterocycles. The molecule has 0 aliphatic carbocycles. The standard InChI is InChI=1S/C15H21N3O2/c1-10-6-7-14(20-10)13-9-17-15(16)18(13)11-4-3-5-12(8-11)19-2/h3-5,8,10,13-14H,6-7,9H2,1-2H3,(H2,16,17). The number of nitrogens with zero attached hydrogens (tertiary/aromatic N) is 2. The van der Waals surface area contributed by atoms with Crippen molar-refractivity contribution >= 4 is 11.6 Å². The third kappa shape index (κ3) is 2.33. The van der Waals surface area contributed by atoms with E-state index in [1.165, 1.54) is 0 Å². The zero-order valence-electron chi connectivity index (χ0n) is 12.0. The lowest BCUT2D eigenvalue weighted by molar-refractivity contribution is 0.0440. The topological polar surface area (TPSA) is 60.1 Å². The lowest BCUT2D eigenvalue weighted by Crippen LogP contribution is -2.47. The van der Waals surface area contributed by atoms with Gasteiger partial charge in [0.15, 0.2) is 5.96 Å². The zero-order valence-corrected chi connectivity index (χ0v) is 12.0. The van der Waals surface area contributed by atoms with Gasteiger partial charge in [0, 0.05) is 11.8 Å². The molecule has 0 radical (unpaired) electrons. The number of aliphatic imine (C=N–C) groups is 1. The van der Waals surface area contributed by atoms with Crippen LogP contribution in [0, 0.1) is 0 Å². The number of benzene rings is 1. The fraction of sp³-hybridized carbons (Fsp3) is 0.533. The molecule has 3 unspecified atom stereocenters. The first kappa shape index (κ1) is 13.2. The van der Waals surface area contributed by atoms with E-state index in [4.69, 9.17) is 15.2 Å². The first-order valence-electron chi connectivity index (χ1n) is 7.07. The van der Waals surface area contributed by atoms with E-state index >= 15 is 0 Å². The molecule has 2 N–H and O–H groups in total. The van der Waals surface area contributed by atoms with Crippen molar-refractivity contribution in [3.8, 4) is 5.75 Å². The first-order chi connectivity index (χ1) is 9.69. The maximum Gasteiger partial charge on any atom is 0.196 e. The van der Waals surface area contributed by atoms with Crippen molar-refractivity contribution in [3.63, 3.8) is 0 Å². The van der Waals surface area contributed by atoms with E-state index in [2.05, 4.69) is 16.8 Å². The maximum absolute atomic E-state index is 6.07. The minimum Gasteiger partial charge on any atom is -0.497 e. The van der Waals surface area contributed by atoms with Gasteiger partial charge in [-0.25, -0.2) is 0 Å². The van der Waals surface area contributed by atoms with Gasteiger partial charge in [0.25, 0.3) is 0 Å². The van der Waals surface area contributed by atoms with Gasteiger partial charge < -0.3 is 20.1 Å². The van der Waals surface area contributed by atoms with Gasteiger partial charge in [-0.15, -0.1) is 0 Å². The van der Waals surface area contributed by atoms with Crippen LogP contribution in [0.5, 0.6) is 5.75 Å². The Morgan fingerprint density at radius 3 is 2.95 bits per heavy atom. The Labute approximate surface area is 119 Å². The normalized spacial score (nSPS) is 29.6. The van der Waals surface area contributed by atoms with Crippen molar-refractivity contribution in [2.45, 2.75) is 38.0 Å². The molecule has 1 saturated heterocycles. The van der Waals surface area contributed by atoms with Crippen LogP contribution in [0.1, 0.15) is 19.8 Å². The van der Waals surface area contributed by atoms with E-state index < -0.39 is 0 Å². The lowest BCUT2D eigenvalue weighted by atomic mass is 10.1. The number of guanidine groups is 1. The van der Waals surface area contributed by atoms with E-state index in [-0.39, 0.29) is 12.1 Å². The predicted molar refractivity (Wildman–Crippen MR) is 79.3 cm³/mol. The number of ether oxygens (including phenoxy) is 2. The number of hydrogen-bond acceptors (Lipinski definition) is 5. The highest BCUT2D eigenvalue weighted by Crippen LogP contribution is 2.31. The van der Waals surface area contributed by atoms with E-state index in [9.17, 15) is 0 Å². The van der Waals surface area contributed by atoms with Gasteiger partial charge in [-0.2, -0.15) is 0 Å². The van der Waals surface area contributed by atoms with Gasteiger partial charge in [0.1, 0.15) is 5.75 Å². The fourth-order valence-electron chi connectivity index (χ4n) is 3.00. The van der Waals surface area contributed by atoms with Crippen LogP contribution in [-0.2, 0) is 4.74 Å². The molecule has 0 spiro atoms. The average Bonchev–Trinajstić information content (AvgIpc) is 3.05. The molecule has 0 aromatic heterocycles. The van der Waals surface area contributed by atoms with Crippen molar-refractivity contribution in [2.24, 2.45) is 10.7 Å². The van der Waals surface area contributed by atoms with Crippen molar-refractivity contribution in [2.75, 3.05) is 18.6 Å². The predicted octanol–water partition coefficient (Wildman–Crippen LogP) is 1.77. The number of anilines is 1. The van der Waals surface area contributed by atoms with Crippen LogP contribution in [0.15, 0.2) is 29.3 Å². The minimum absolute atomic E-state index is 0.187. The summed E-state index contributed by atoms with van der Waals surface area (Å²) in [7, 11) is 1.67. The molecule has 3 atom stereocenters. The van der Waals surface area contributed by atoms with E-state index in [0.717, 1.165) is 24.3 Å². The van der Waals surface area contributed by atoms with Crippen molar-refractivity contribution in [3.05, 3.63) is 24.3 Å². The minimum atomic E-state index is 0.187. The fourth-order valence-corrected chi connectivity index (χ4v) is 3.00. The molecule has 2 heterocycles. The van der Waals surface area contributed by atoms with E-state index in [1.807, 2.05) is 24.3 Å². The van der Waals surface area contributed by atoms with Crippen molar-refractivity contribution < 1.29 is 9.47 Å². The highest BCUT2D eigenvalue weighted by molar-refractivity contribution is 5.97. The third-order valence-electron chi connectivity index (χ3n) is 4.04. The summed E-state index contributed by atoms with van der Waals surface area (Å²) >= 11 is 0. The summed E-state index contributed by atoms with van der Waals surface area (Å²) in [5.74, 6) is 1.38. The largest absolute Gasteiger partial charge is 0.497 e. The number of nitrogens with two attached hydrogens (primary N) is 1. The van der Waals surface area contributed by atoms with Crippen molar-refractivity contribution in [1.82, 2.24) is 0 Å². The summed E-state index contributed by atoms with van der Waals surface area (Å²) in [6, 6.07) is 8.10. The Morgan fingerprint density at radius 2 is 2.25 bits per heavy atom. The Morgan fingerprint density at radius 1 is 1.40 bits per heavy atom. The van der Waals surface area contributed by atoms with Crippen LogP contribution in [-0.4, -0.2) is 37.9 Å². The number of rotatable bonds is 3. The monoisotopic (exact) mass is 275 g/mol. The molecular weight excluding hydrogens is 254 g/mol. The van der Waals surface area contributed by atoms with Crippen LogP contribution in [0.25, 0.3) is 0 Å². The molecule has 5 heteroatoms. The molecule has 108 valence electrons. The van der Waals surface area contributed by atoms with Gasteiger partial charge in [-0.05, 0) is 31.9 Å². The zero-order chi connectivity index (χ0) is 14.1. The van der Waals surface area contributed by atoms with Crippen LogP contribution >= 0.6 is 0 Å². The Balaban J connectivity index is 1.86. The quantitative estimate of drug-likeness (QED) is 0.913. The summed E-state index contributed by atoms with van der Waals surface area (Å²) in [5.41, 5.74) is 7.09. The SMILES string of the molecule is COc1cccc(N2C(N)=NCC2C2CCC(C)O2)c1. The number of hydrogen-bond donors (Lipinski definition) is 1. The highest BCUT2D eigenvalue weighted by atomic mass is 16.5. The van der Waals surface area contributed by atoms with Gasteiger partial charge in [0.05, 0.1) is 31.9 Å². The molecule has 0 amide bonds. The Hall–Kier alpha value is -1.75. The second-order valence-corrected chi connectivity index (χ2v) is 5.40. The Kier molecular flexibility index (Phi) is 3.53. The molecule has 5 nitrogen and oxygen atoms in total. The van der Waals surface area contributed by atoms with E-state index in [1.54, 1.807) is 7.11 Å². The summed E-state index contributed by atoms with van der Waals surface area (Å²) in [6.07, 6.45) is 2.69. The maximum atomic E-state index is 6.07. The van der Waals surface area contributed by atoms with Gasteiger partial charge in [0.2, 0.25) is 0 Å². The average molecular weight is 275 g/mol. The molecule has 2 aliphatic rings. The van der Waals surface area contributed by atoms with E-state index in [0.29, 0.717) is 18.6 Å². The summed E-state index contributed by atoms with van der Waals surface area (Å²) in [5, 5.41) is 0. The summed E-state index contributed by atoms with van der Waals surface area (Å²) < 4.78 is 11.3. The lowest BCUT2D eigenvalue weighted by Gasteiger charge is -2.30. The third-order valence-corrected chi connectivity index (χ3v) is 4.04. The molecule has 1 fully saturated rings. The summed E-state index contributed by atoms with van der Waals surface area (Å²) in [6.45, 7) is 2.81. The Bertz CT molecular complexity index is 518. The van der Waals surface area contributed by atoms with Gasteiger partial charge >= 0.3 is 0 Å². The van der Waals surface area contributed by atoms with Gasteiger partial charge in [-0.1, -0.05) is 6.07 Å². The van der Waals surface area contributed by atoms with Gasteiger partial charge in [-0.3, -0.25) is 4.99 Å². The molecule has 3 rings (SSSR count). The molecule has 0 bridgehead atoms. The van der Waals surface area contributed by atoms with Crippen LogP contribution in [0.4, 0.5) is 5.69 Å². The smallest absolute Gasteiger partial charge is 0.196 e. The van der Waals surface area contributed by atoms with Crippen LogP contribution in [0.3, 0.4) is 0 Å². The molecule has 0 saturated carbocycles. The molecule has 20 heavy (non-hydrogen) atoms. The van der Waals surface area contributed by atoms with Crippen LogP contribution in [0.2, 0.25) is 0 Å². The molecular formula is C15H21N3O2. The summed E-state index contributed by atoms with van der Waals surface area (Å²) in [4.78, 5) is 6.47.